The molecule has 3 aromatic rings. The van der Waals surface area contributed by atoms with E-state index < -0.39 is 0 Å². The number of nitrogens with zero attached hydrogens (tertiary/aromatic N) is 7. The van der Waals surface area contributed by atoms with Crippen LogP contribution in [0.15, 0.2) is 30.9 Å². The average molecular weight is 323 g/mol. The number of rotatable bonds is 4. The van der Waals surface area contributed by atoms with E-state index in [2.05, 4.69) is 42.2 Å². The number of hydrogen-bond donors (Lipinski definition) is 0. The summed E-state index contributed by atoms with van der Waals surface area (Å²) in [6.45, 7) is 3.13. The molecule has 5 rings (SSSR count). The Morgan fingerprint density at radius 1 is 1.12 bits per heavy atom. The predicted molar refractivity (Wildman–Crippen MR) is 89.9 cm³/mol. The van der Waals surface area contributed by atoms with Gasteiger partial charge in [-0.2, -0.15) is 14.7 Å². The molecule has 1 aliphatic carbocycles. The minimum atomic E-state index is 0.632. The second-order valence-corrected chi connectivity index (χ2v) is 6.99. The highest BCUT2D eigenvalue weighted by Gasteiger charge is 2.28. The Morgan fingerprint density at radius 3 is 2.75 bits per heavy atom. The monoisotopic (exact) mass is 323 g/mol. The molecular formula is C17H21N7. The zero-order valence-electron chi connectivity index (χ0n) is 13.6. The van der Waals surface area contributed by atoms with E-state index in [1.165, 1.54) is 37.1 Å². The first-order valence-electron chi connectivity index (χ1n) is 8.80. The summed E-state index contributed by atoms with van der Waals surface area (Å²) in [4.78, 5) is 2.46. The van der Waals surface area contributed by atoms with Crippen molar-refractivity contribution in [2.45, 2.75) is 38.1 Å². The highest BCUT2D eigenvalue weighted by molar-refractivity contribution is 5.68. The Morgan fingerprint density at radius 2 is 2.00 bits per heavy atom. The van der Waals surface area contributed by atoms with Crippen molar-refractivity contribution < 1.29 is 0 Å². The van der Waals surface area contributed by atoms with Crippen LogP contribution >= 0.6 is 0 Å². The van der Waals surface area contributed by atoms with Gasteiger partial charge in [0.1, 0.15) is 6.33 Å². The van der Waals surface area contributed by atoms with Gasteiger partial charge >= 0.3 is 0 Å². The molecule has 0 N–H and O–H groups in total. The Kier molecular flexibility index (Phi) is 3.24. The van der Waals surface area contributed by atoms with E-state index in [0.29, 0.717) is 11.8 Å². The molecule has 4 heterocycles. The first kappa shape index (κ1) is 13.9. The summed E-state index contributed by atoms with van der Waals surface area (Å²) < 4.78 is 3.90. The lowest BCUT2D eigenvalue weighted by Crippen LogP contribution is -2.35. The van der Waals surface area contributed by atoms with Gasteiger partial charge in [-0.1, -0.05) is 0 Å². The lowest BCUT2D eigenvalue weighted by molar-refractivity contribution is 0.342. The molecule has 1 saturated carbocycles. The third-order valence-corrected chi connectivity index (χ3v) is 5.22. The van der Waals surface area contributed by atoms with Crippen molar-refractivity contribution in [3.63, 3.8) is 0 Å². The van der Waals surface area contributed by atoms with E-state index in [1.807, 2.05) is 16.8 Å². The minimum absolute atomic E-state index is 0.632. The lowest BCUT2D eigenvalue weighted by atomic mass is 9.96. The van der Waals surface area contributed by atoms with E-state index in [4.69, 9.17) is 0 Å². The zero-order chi connectivity index (χ0) is 15.9. The first-order valence-corrected chi connectivity index (χ1v) is 8.80. The number of piperidine rings is 1. The van der Waals surface area contributed by atoms with Crippen LogP contribution in [0.5, 0.6) is 0 Å². The second-order valence-electron chi connectivity index (χ2n) is 6.99. The molecular weight excluding hydrogens is 302 g/mol. The molecule has 24 heavy (non-hydrogen) atoms. The van der Waals surface area contributed by atoms with Gasteiger partial charge in [0, 0.05) is 37.9 Å². The van der Waals surface area contributed by atoms with Gasteiger partial charge in [-0.3, -0.25) is 4.68 Å². The molecule has 0 bridgehead atoms. The fraction of sp³-hybridized carbons (Fsp3) is 0.529. The zero-order valence-corrected chi connectivity index (χ0v) is 13.6. The fourth-order valence-corrected chi connectivity index (χ4v) is 3.67. The number of hydrogen-bond acceptors (Lipinski definition) is 5. The second kappa shape index (κ2) is 5.58. The van der Waals surface area contributed by atoms with Gasteiger partial charge < -0.3 is 4.90 Å². The average Bonchev–Trinajstić information content (AvgIpc) is 3.13. The minimum Gasteiger partial charge on any atom is -0.368 e. The Labute approximate surface area is 140 Å². The number of aromatic nitrogens is 6. The van der Waals surface area contributed by atoms with E-state index in [9.17, 15) is 0 Å². The molecule has 0 amide bonds. The lowest BCUT2D eigenvalue weighted by Gasteiger charge is -2.33. The molecule has 3 aromatic heterocycles. The van der Waals surface area contributed by atoms with Crippen LogP contribution in [0.2, 0.25) is 0 Å². The topological polar surface area (TPSA) is 64.1 Å². The van der Waals surface area contributed by atoms with Gasteiger partial charge in [0.2, 0.25) is 5.65 Å². The van der Waals surface area contributed by atoms with Crippen molar-refractivity contribution in [2.24, 2.45) is 5.92 Å². The highest BCUT2D eigenvalue weighted by Crippen LogP contribution is 2.40. The van der Waals surface area contributed by atoms with Crippen LogP contribution in [0.3, 0.4) is 0 Å². The summed E-state index contributed by atoms with van der Waals surface area (Å²) in [5, 5.41) is 17.3. The Bertz CT molecular complexity index is 826. The SMILES string of the molecule is c1cnn(CC2CCN(c3cc(C4CC4)nn4cnnc34)CC2)c1. The molecule has 0 spiro atoms. The molecule has 0 unspecified atom stereocenters. The van der Waals surface area contributed by atoms with Crippen molar-refractivity contribution >= 4 is 11.3 Å². The van der Waals surface area contributed by atoms with Crippen LogP contribution in [-0.4, -0.2) is 42.7 Å². The standard InChI is InChI=1S/C17H21N7/c1-6-19-23(7-1)11-13-4-8-22(9-5-13)16-10-15(14-2-3-14)21-24-12-18-20-17(16)24/h1,6-7,10,12-14H,2-5,8-9,11H2. The maximum atomic E-state index is 4.67. The highest BCUT2D eigenvalue weighted by atomic mass is 15.4. The van der Waals surface area contributed by atoms with E-state index in [0.717, 1.165) is 25.3 Å². The van der Waals surface area contributed by atoms with E-state index in [1.54, 1.807) is 6.33 Å². The Balaban J connectivity index is 1.35. The van der Waals surface area contributed by atoms with Crippen molar-refractivity contribution in [3.05, 3.63) is 36.5 Å². The normalized spacial score (nSPS) is 19.2. The van der Waals surface area contributed by atoms with Crippen molar-refractivity contribution in [2.75, 3.05) is 18.0 Å². The maximum Gasteiger partial charge on any atom is 0.200 e. The molecule has 0 aromatic carbocycles. The maximum absolute atomic E-state index is 4.67. The van der Waals surface area contributed by atoms with E-state index in [-0.39, 0.29) is 0 Å². The van der Waals surface area contributed by atoms with Crippen LogP contribution in [0.4, 0.5) is 5.69 Å². The number of fused-ring (bicyclic) bond motifs is 1. The van der Waals surface area contributed by atoms with Gasteiger partial charge in [0.05, 0.1) is 11.4 Å². The predicted octanol–water partition coefficient (Wildman–Crippen LogP) is 2.11. The third-order valence-electron chi connectivity index (χ3n) is 5.22. The summed E-state index contributed by atoms with van der Waals surface area (Å²) in [6.07, 6.45) is 10.5. The van der Waals surface area contributed by atoms with Crippen LogP contribution < -0.4 is 4.90 Å². The van der Waals surface area contributed by atoms with Crippen LogP contribution in [-0.2, 0) is 6.54 Å². The molecule has 1 aliphatic heterocycles. The van der Waals surface area contributed by atoms with Gasteiger partial charge in [0.15, 0.2) is 0 Å². The van der Waals surface area contributed by atoms with E-state index >= 15 is 0 Å². The first-order chi connectivity index (χ1) is 11.9. The molecule has 2 aliphatic rings. The van der Waals surface area contributed by atoms with Crippen molar-refractivity contribution in [1.82, 2.24) is 29.6 Å². The summed E-state index contributed by atoms with van der Waals surface area (Å²) in [7, 11) is 0. The summed E-state index contributed by atoms with van der Waals surface area (Å²) in [5.74, 6) is 1.33. The van der Waals surface area contributed by atoms with Gasteiger partial charge in [-0.25, -0.2) is 0 Å². The fourth-order valence-electron chi connectivity index (χ4n) is 3.67. The summed E-state index contributed by atoms with van der Waals surface area (Å²) >= 11 is 0. The molecule has 0 radical (unpaired) electrons. The number of anilines is 1. The largest absolute Gasteiger partial charge is 0.368 e. The molecule has 2 fully saturated rings. The van der Waals surface area contributed by atoms with Crippen molar-refractivity contribution in [3.8, 4) is 0 Å². The third kappa shape index (κ3) is 2.53. The van der Waals surface area contributed by atoms with Crippen molar-refractivity contribution in [1.29, 1.82) is 0 Å². The molecule has 7 nitrogen and oxygen atoms in total. The van der Waals surface area contributed by atoms with Gasteiger partial charge in [-0.05, 0) is 43.7 Å². The van der Waals surface area contributed by atoms with Crippen LogP contribution in [0.1, 0.15) is 37.3 Å². The summed E-state index contributed by atoms with van der Waals surface area (Å²) in [6, 6.07) is 4.24. The smallest absolute Gasteiger partial charge is 0.200 e. The van der Waals surface area contributed by atoms with Gasteiger partial charge in [-0.15, -0.1) is 10.2 Å². The van der Waals surface area contributed by atoms with Gasteiger partial charge in [0.25, 0.3) is 0 Å². The molecule has 7 heteroatoms. The molecule has 0 atom stereocenters. The van der Waals surface area contributed by atoms with Crippen LogP contribution in [0.25, 0.3) is 5.65 Å². The molecule has 1 saturated heterocycles. The Hall–Kier alpha value is -2.44. The van der Waals surface area contributed by atoms with Crippen LogP contribution in [0, 0.1) is 5.92 Å². The molecule has 124 valence electrons. The summed E-state index contributed by atoms with van der Waals surface area (Å²) in [5.41, 5.74) is 3.27. The quantitative estimate of drug-likeness (QED) is 0.736.